The molecule has 1 saturated heterocycles. The van der Waals surface area contributed by atoms with E-state index in [0.717, 1.165) is 30.5 Å². The molecule has 3 aromatic rings. The molecule has 1 aliphatic rings. The number of phenols is 1. The third-order valence-electron chi connectivity index (χ3n) is 4.48. The molecule has 2 aromatic heterocycles. The lowest BCUT2D eigenvalue weighted by molar-refractivity contribution is 0.348. The molecule has 23 heavy (non-hydrogen) atoms. The maximum atomic E-state index is 9.65. The Morgan fingerprint density at radius 2 is 2.17 bits per heavy atom. The monoisotopic (exact) mass is 309 g/mol. The van der Waals surface area contributed by atoms with Gasteiger partial charge in [0.15, 0.2) is 0 Å². The van der Waals surface area contributed by atoms with Gasteiger partial charge in [-0.05, 0) is 37.0 Å². The lowest BCUT2D eigenvalue weighted by atomic mass is 9.97. The third-order valence-corrected chi connectivity index (χ3v) is 4.48. The van der Waals surface area contributed by atoms with Crippen molar-refractivity contribution < 1.29 is 5.11 Å². The molecule has 6 nitrogen and oxygen atoms in total. The average molecular weight is 309 g/mol. The van der Waals surface area contributed by atoms with Crippen LogP contribution in [0.25, 0.3) is 10.9 Å². The van der Waals surface area contributed by atoms with Crippen LogP contribution in [0, 0.1) is 5.92 Å². The van der Waals surface area contributed by atoms with Crippen molar-refractivity contribution in [3.8, 4) is 5.75 Å². The highest BCUT2D eigenvalue weighted by Crippen LogP contribution is 2.31. The Balaban J connectivity index is 1.60. The second-order valence-electron chi connectivity index (χ2n) is 6.11. The van der Waals surface area contributed by atoms with E-state index in [1.807, 2.05) is 23.1 Å². The van der Waals surface area contributed by atoms with Crippen LogP contribution in [0.5, 0.6) is 5.75 Å². The van der Waals surface area contributed by atoms with Crippen molar-refractivity contribution in [2.45, 2.75) is 19.4 Å². The molecule has 0 radical (unpaired) electrons. The highest BCUT2D eigenvalue weighted by atomic mass is 16.3. The summed E-state index contributed by atoms with van der Waals surface area (Å²) in [5.41, 5.74) is 2.03. The molecule has 4 rings (SSSR count). The van der Waals surface area contributed by atoms with Gasteiger partial charge >= 0.3 is 0 Å². The van der Waals surface area contributed by atoms with Crippen LogP contribution in [0.3, 0.4) is 0 Å². The van der Waals surface area contributed by atoms with E-state index in [1.54, 1.807) is 18.3 Å². The molecule has 1 fully saturated rings. The number of anilines is 1. The van der Waals surface area contributed by atoms with E-state index >= 15 is 0 Å². The third kappa shape index (κ3) is 2.84. The molecule has 0 bridgehead atoms. The number of benzene rings is 1. The largest absolute Gasteiger partial charge is 0.508 e. The minimum absolute atomic E-state index is 0.254. The zero-order chi connectivity index (χ0) is 15.6. The molecule has 0 aliphatic carbocycles. The fourth-order valence-electron chi connectivity index (χ4n) is 3.42. The number of hydrogen-bond donors (Lipinski definition) is 1. The number of hydrogen-bond acceptors (Lipinski definition) is 5. The summed E-state index contributed by atoms with van der Waals surface area (Å²) in [6, 6.07) is 7.46. The van der Waals surface area contributed by atoms with E-state index in [9.17, 15) is 5.11 Å². The van der Waals surface area contributed by atoms with E-state index in [0.29, 0.717) is 5.92 Å². The van der Waals surface area contributed by atoms with E-state index in [1.165, 1.54) is 18.5 Å². The molecular formula is C17H19N5O. The van der Waals surface area contributed by atoms with Gasteiger partial charge in [-0.3, -0.25) is 9.67 Å². The van der Waals surface area contributed by atoms with Gasteiger partial charge in [0.2, 0.25) is 0 Å². The van der Waals surface area contributed by atoms with Crippen LogP contribution in [0.4, 0.5) is 5.69 Å². The van der Waals surface area contributed by atoms with Crippen LogP contribution in [-0.4, -0.2) is 38.2 Å². The Morgan fingerprint density at radius 1 is 1.22 bits per heavy atom. The fraction of sp³-hybridized carbons (Fsp3) is 0.353. The maximum Gasteiger partial charge on any atom is 0.117 e. The van der Waals surface area contributed by atoms with E-state index in [2.05, 4.69) is 26.3 Å². The molecule has 1 atom stereocenters. The van der Waals surface area contributed by atoms with Gasteiger partial charge in [-0.25, -0.2) is 0 Å². The maximum absolute atomic E-state index is 9.65. The first-order valence-corrected chi connectivity index (χ1v) is 7.96. The number of aromatic nitrogens is 4. The van der Waals surface area contributed by atoms with Gasteiger partial charge in [-0.1, -0.05) is 5.21 Å². The predicted molar refractivity (Wildman–Crippen MR) is 88.4 cm³/mol. The molecule has 0 saturated carbocycles. The molecule has 118 valence electrons. The highest BCUT2D eigenvalue weighted by molar-refractivity contribution is 5.92. The lowest BCUT2D eigenvalue weighted by Crippen LogP contribution is -2.37. The molecule has 1 aromatic carbocycles. The van der Waals surface area contributed by atoms with Crippen molar-refractivity contribution in [1.29, 1.82) is 0 Å². The minimum Gasteiger partial charge on any atom is -0.508 e. The fourth-order valence-corrected chi connectivity index (χ4v) is 3.42. The van der Waals surface area contributed by atoms with Crippen molar-refractivity contribution >= 4 is 16.6 Å². The smallest absolute Gasteiger partial charge is 0.117 e. The van der Waals surface area contributed by atoms with Crippen molar-refractivity contribution in [1.82, 2.24) is 20.0 Å². The lowest BCUT2D eigenvalue weighted by Gasteiger charge is -2.35. The summed E-state index contributed by atoms with van der Waals surface area (Å²) >= 11 is 0. The van der Waals surface area contributed by atoms with Crippen LogP contribution < -0.4 is 4.90 Å². The van der Waals surface area contributed by atoms with Gasteiger partial charge < -0.3 is 10.0 Å². The summed E-state index contributed by atoms with van der Waals surface area (Å²) in [5, 5.41) is 18.7. The highest BCUT2D eigenvalue weighted by Gasteiger charge is 2.22. The van der Waals surface area contributed by atoms with Gasteiger partial charge in [0.25, 0.3) is 0 Å². The van der Waals surface area contributed by atoms with Crippen LogP contribution in [0.15, 0.2) is 42.9 Å². The number of aromatic hydroxyl groups is 1. The minimum atomic E-state index is 0.254. The zero-order valence-electron chi connectivity index (χ0n) is 12.8. The van der Waals surface area contributed by atoms with Crippen LogP contribution in [0.2, 0.25) is 0 Å². The van der Waals surface area contributed by atoms with Gasteiger partial charge in [-0.15, -0.1) is 5.10 Å². The first kappa shape index (κ1) is 14.0. The number of fused-ring (bicyclic) bond motifs is 1. The van der Waals surface area contributed by atoms with Crippen LogP contribution in [0.1, 0.15) is 12.8 Å². The van der Waals surface area contributed by atoms with Crippen LogP contribution in [-0.2, 0) is 6.54 Å². The Hall–Kier alpha value is -2.63. The summed E-state index contributed by atoms with van der Waals surface area (Å²) in [4.78, 5) is 6.79. The van der Waals surface area contributed by atoms with Gasteiger partial charge in [-0.2, -0.15) is 0 Å². The number of rotatable bonds is 3. The molecule has 0 amide bonds. The van der Waals surface area contributed by atoms with Gasteiger partial charge in [0, 0.05) is 49.2 Å². The summed E-state index contributed by atoms with van der Waals surface area (Å²) in [5.74, 6) is 0.815. The molecule has 0 spiro atoms. The Labute approximate surface area is 134 Å². The van der Waals surface area contributed by atoms with Crippen LogP contribution >= 0.6 is 0 Å². The van der Waals surface area contributed by atoms with Crippen molar-refractivity contribution in [2.24, 2.45) is 5.92 Å². The standard InChI is InChI=1S/C17H19N5O/c23-14-3-4-15-16(10-14)18-6-5-17(15)21-8-1-2-13(11-21)12-22-9-7-19-20-22/h3-7,9-10,13,23H,1-2,8,11-12H2. The molecule has 6 heteroatoms. The van der Waals surface area contributed by atoms with Crippen molar-refractivity contribution in [2.75, 3.05) is 18.0 Å². The summed E-state index contributed by atoms with van der Waals surface area (Å²) in [6.07, 6.45) is 7.84. The molecule has 1 aliphatic heterocycles. The van der Waals surface area contributed by atoms with Crippen molar-refractivity contribution in [3.63, 3.8) is 0 Å². The van der Waals surface area contributed by atoms with Gasteiger partial charge in [0.05, 0.1) is 11.7 Å². The van der Waals surface area contributed by atoms with Gasteiger partial charge in [0.1, 0.15) is 5.75 Å². The Kier molecular flexibility index (Phi) is 3.57. The molecule has 1 N–H and O–H groups in total. The number of phenolic OH excluding ortho intramolecular Hbond substituents is 1. The average Bonchev–Trinajstić information content (AvgIpc) is 3.07. The summed E-state index contributed by atoms with van der Waals surface area (Å²) in [7, 11) is 0. The van der Waals surface area contributed by atoms with E-state index < -0.39 is 0 Å². The number of pyridine rings is 1. The topological polar surface area (TPSA) is 67.1 Å². The Morgan fingerprint density at radius 3 is 3.04 bits per heavy atom. The number of piperidine rings is 1. The second kappa shape index (κ2) is 5.87. The molecule has 1 unspecified atom stereocenters. The summed E-state index contributed by atoms with van der Waals surface area (Å²) in [6.45, 7) is 2.95. The van der Waals surface area contributed by atoms with Crippen molar-refractivity contribution in [3.05, 3.63) is 42.9 Å². The SMILES string of the molecule is Oc1ccc2c(N3CCCC(Cn4ccnn4)C3)ccnc2c1. The molecular weight excluding hydrogens is 290 g/mol. The number of nitrogens with zero attached hydrogens (tertiary/aromatic N) is 5. The Bertz CT molecular complexity index is 802. The second-order valence-corrected chi connectivity index (χ2v) is 6.11. The summed E-state index contributed by atoms with van der Waals surface area (Å²) < 4.78 is 1.91. The zero-order valence-corrected chi connectivity index (χ0v) is 12.8. The quantitative estimate of drug-likeness (QED) is 0.805. The predicted octanol–water partition coefficient (Wildman–Crippen LogP) is 2.45. The van der Waals surface area contributed by atoms with E-state index in [-0.39, 0.29) is 5.75 Å². The normalized spacial score (nSPS) is 18.4. The van der Waals surface area contributed by atoms with E-state index in [4.69, 9.17) is 0 Å². The first-order chi connectivity index (χ1) is 11.3. The molecule has 3 heterocycles. The first-order valence-electron chi connectivity index (χ1n) is 7.96.